The average molecular weight is 335 g/mol. The highest BCUT2D eigenvalue weighted by molar-refractivity contribution is 5.96. The van der Waals surface area contributed by atoms with Gasteiger partial charge >= 0.3 is 0 Å². The number of imidazole rings is 1. The molecule has 1 atom stereocenters. The van der Waals surface area contributed by atoms with E-state index in [1.54, 1.807) is 0 Å². The van der Waals surface area contributed by atoms with Gasteiger partial charge < -0.3 is 14.6 Å². The highest BCUT2D eigenvalue weighted by Gasteiger charge is 2.28. The number of benzene rings is 2. The summed E-state index contributed by atoms with van der Waals surface area (Å²) in [5.74, 6) is 0.546. The lowest BCUT2D eigenvalue weighted by atomic mass is 9.96. The van der Waals surface area contributed by atoms with Crippen molar-refractivity contribution >= 4 is 22.6 Å². The Morgan fingerprint density at radius 2 is 1.96 bits per heavy atom. The summed E-state index contributed by atoms with van der Waals surface area (Å²) in [4.78, 5) is 19.5. The van der Waals surface area contributed by atoms with Gasteiger partial charge in [-0.3, -0.25) is 4.79 Å². The molecule has 0 saturated heterocycles. The fraction of sp³-hybridized carbons (Fsp3) is 0.300. The number of aliphatic hydroxyl groups excluding tert-OH is 1. The van der Waals surface area contributed by atoms with E-state index in [-0.39, 0.29) is 25.1 Å². The lowest BCUT2D eigenvalue weighted by molar-refractivity contribution is -0.119. The summed E-state index contributed by atoms with van der Waals surface area (Å²) < 4.78 is 1.82. The van der Waals surface area contributed by atoms with Gasteiger partial charge in [0.2, 0.25) is 5.91 Å². The molecular formula is C20H21N3O2. The molecule has 5 nitrogen and oxygen atoms in total. The first-order valence-electron chi connectivity index (χ1n) is 8.64. The van der Waals surface area contributed by atoms with Crippen LogP contribution in [0.15, 0.2) is 48.5 Å². The van der Waals surface area contributed by atoms with Crippen LogP contribution in [0.1, 0.15) is 24.7 Å². The molecule has 0 saturated carbocycles. The second kappa shape index (κ2) is 6.33. The van der Waals surface area contributed by atoms with Crippen molar-refractivity contribution < 1.29 is 9.90 Å². The molecule has 5 heteroatoms. The summed E-state index contributed by atoms with van der Waals surface area (Å²) in [5.41, 5.74) is 3.89. The van der Waals surface area contributed by atoms with Gasteiger partial charge in [0.05, 0.1) is 11.0 Å². The second-order valence-corrected chi connectivity index (χ2v) is 6.54. The number of carbonyl (C=O) groups is 1. The molecule has 0 bridgehead atoms. The molecular weight excluding hydrogens is 314 g/mol. The van der Waals surface area contributed by atoms with Gasteiger partial charge in [0.15, 0.2) is 0 Å². The number of anilines is 1. The second-order valence-electron chi connectivity index (χ2n) is 6.54. The molecule has 0 spiro atoms. The number of aromatic nitrogens is 2. The Kier molecular flexibility index (Phi) is 4.01. The van der Waals surface area contributed by atoms with Crippen LogP contribution in [0.5, 0.6) is 0 Å². The number of fused-ring (bicyclic) bond motifs is 2. The zero-order valence-electron chi connectivity index (χ0n) is 14.2. The van der Waals surface area contributed by atoms with Crippen LogP contribution >= 0.6 is 0 Å². The summed E-state index contributed by atoms with van der Waals surface area (Å²) in [5, 5.41) is 9.64. The van der Waals surface area contributed by atoms with Crippen LogP contribution in [-0.4, -0.2) is 26.6 Å². The van der Waals surface area contributed by atoms with Crippen molar-refractivity contribution in [2.75, 3.05) is 4.90 Å². The van der Waals surface area contributed by atoms with Crippen LogP contribution in [0.4, 0.5) is 5.69 Å². The molecule has 2 heterocycles. The number of carbonyl (C=O) groups excluding carboxylic acids is 1. The summed E-state index contributed by atoms with van der Waals surface area (Å²) in [6, 6.07) is 15.9. The van der Waals surface area contributed by atoms with Gasteiger partial charge in [0, 0.05) is 11.7 Å². The molecule has 0 aliphatic carbocycles. The first-order chi connectivity index (χ1) is 12.2. The molecule has 0 fully saturated rings. The minimum absolute atomic E-state index is 0.0255. The summed E-state index contributed by atoms with van der Waals surface area (Å²) >= 11 is 0. The van der Waals surface area contributed by atoms with E-state index >= 15 is 0 Å². The Hall–Kier alpha value is -2.66. The van der Waals surface area contributed by atoms with E-state index in [0.717, 1.165) is 29.6 Å². The largest absolute Gasteiger partial charge is 0.388 e. The molecule has 1 aliphatic heterocycles. The third-order valence-corrected chi connectivity index (χ3v) is 4.96. The first kappa shape index (κ1) is 15.8. The predicted octanol–water partition coefficient (Wildman–Crippen LogP) is 2.90. The molecule has 1 unspecified atom stereocenters. The predicted molar refractivity (Wildman–Crippen MR) is 97.4 cm³/mol. The lowest BCUT2D eigenvalue weighted by Gasteiger charge is -2.35. The van der Waals surface area contributed by atoms with Crippen LogP contribution in [0.2, 0.25) is 0 Å². The number of hydrogen-bond donors (Lipinski definition) is 1. The molecule has 128 valence electrons. The van der Waals surface area contributed by atoms with Crippen molar-refractivity contribution in [3.8, 4) is 0 Å². The number of para-hydroxylation sites is 3. The van der Waals surface area contributed by atoms with Crippen LogP contribution in [0.3, 0.4) is 0 Å². The number of amides is 1. The summed E-state index contributed by atoms with van der Waals surface area (Å²) in [6.07, 6.45) is 1.96. The molecule has 0 radical (unpaired) electrons. The minimum Gasteiger partial charge on any atom is -0.388 e. The van der Waals surface area contributed by atoms with E-state index in [0.29, 0.717) is 5.82 Å². The van der Waals surface area contributed by atoms with Gasteiger partial charge in [-0.1, -0.05) is 30.3 Å². The maximum Gasteiger partial charge on any atom is 0.247 e. The summed E-state index contributed by atoms with van der Waals surface area (Å²) in [7, 11) is 0. The van der Waals surface area contributed by atoms with Gasteiger partial charge in [0.1, 0.15) is 19.0 Å². The van der Waals surface area contributed by atoms with E-state index in [4.69, 9.17) is 0 Å². The molecule has 1 amide bonds. The normalized spacial score (nSPS) is 16.9. The number of aryl methyl sites for hydroxylation is 1. The number of hydrogen-bond acceptors (Lipinski definition) is 3. The summed E-state index contributed by atoms with van der Waals surface area (Å²) in [6.45, 7) is 2.08. The molecule has 25 heavy (non-hydrogen) atoms. The van der Waals surface area contributed by atoms with Crippen molar-refractivity contribution in [3.05, 3.63) is 59.9 Å². The maximum absolute atomic E-state index is 13.1. The topological polar surface area (TPSA) is 58.4 Å². The third-order valence-electron chi connectivity index (χ3n) is 4.96. The Balaban J connectivity index is 1.71. The number of rotatable bonds is 3. The van der Waals surface area contributed by atoms with Crippen molar-refractivity contribution in [1.29, 1.82) is 0 Å². The molecule has 1 aromatic heterocycles. The van der Waals surface area contributed by atoms with Gasteiger partial charge in [-0.25, -0.2) is 4.98 Å². The van der Waals surface area contributed by atoms with Gasteiger partial charge in [-0.15, -0.1) is 0 Å². The fourth-order valence-electron chi connectivity index (χ4n) is 3.70. The molecule has 3 aromatic rings. The van der Waals surface area contributed by atoms with Gasteiger partial charge in [0.25, 0.3) is 0 Å². The molecule has 1 aliphatic rings. The van der Waals surface area contributed by atoms with Crippen molar-refractivity contribution in [1.82, 2.24) is 9.55 Å². The zero-order chi connectivity index (χ0) is 17.4. The van der Waals surface area contributed by atoms with E-state index in [9.17, 15) is 9.90 Å². The SMILES string of the molecule is CC1CCc2ccccc2N1C(=O)Cn1c(CO)nc2ccccc21. The minimum atomic E-state index is -0.186. The van der Waals surface area contributed by atoms with Crippen LogP contribution in [0.25, 0.3) is 11.0 Å². The lowest BCUT2D eigenvalue weighted by Crippen LogP contribution is -2.43. The third kappa shape index (κ3) is 2.70. The quantitative estimate of drug-likeness (QED) is 0.801. The first-order valence-corrected chi connectivity index (χ1v) is 8.64. The smallest absolute Gasteiger partial charge is 0.247 e. The number of nitrogens with zero attached hydrogens (tertiary/aromatic N) is 3. The standard InChI is InChI=1S/C20H21N3O2/c1-14-10-11-15-6-2-4-8-17(15)23(14)20(25)12-22-18-9-5-3-7-16(18)21-19(22)13-24/h2-9,14,24H,10-13H2,1H3. The van der Waals surface area contributed by atoms with Crippen LogP contribution < -0.4 is 4.90 Å². The molecule has 4 rings (SSSR count). The van der Waals surface area contributed by atoms with Crippen LogP contribution in [0, 0.1) is 0 Å². The van der Waals surface area contributed by atoms with E-state index < -0.39 is 0 Å². The zero-order valence-corrected chi connectivity index (χ0v) is 14.2. The van der Waals surface area contributed by atoms with Crippen molar-refractivity contribution in [2.45, 2.75) is 39.0 Å². The van der Waals surface area contributed by atoms with Crippen molar-refractivity contribution in [3.63, 3.8) is 0 Å². The Morgan fingerprint density at radius 3 is 2.80 bits per heavy atom. The Morgan fingerprint density at radius 1 is 1.20 bits per heavy atom. The molecule has 1 N–H and O–H groups in total. The average Bonchev–Trinajstić information content (AvgIpc) is 2.99. The van der Waals surface area contributed by atoms with E-state index in [1.165, 1.54) is 5.56 Å². The van der Waals surface area contributed by atoms with Crippen LogP contribution in [-0.2, 0) is 24.4 Å². The Bertz CT molecular complexity index is 932. The van der Waals surface area contributed by atoms with Gasteiger partial charge in [-0.2, -0.15) is 0 Å². The Labute approximate surface area is 146 Å². The molecule has 2 aromatic carbocycles. The number of aliphatic hydroxyl groups is 1. The highest BCUT2D eigenvalue weighted by Crippen LogP contribution is 2.31. The fourth-order valence-corrected chi connectivity index (χ4v) is 3.70. The van der Waals surface area contributed by atoms with E-state index in [1.807, 2.05) is 51.9 Å². The van der Waals surface area contributed by atoms with Crippen molar-refractivity contribution in [2.24, 2.45) is 0 Å². The van der Waals surface area contributed by atoms with E-state index in [2.05, 4.69) is 18.0 Å². The monoisotopic (exact) mass is 335 g/mol. The highest BCUT2D eigenvalue weighted by atomic mass is 16.3. The van der Waals surface area contributed by atoms with Gasteiger partial charge in [-0.05, 0) is 43.5 Å². The maximum atomic E-state index is 13.1.